The van der Waals surface area contributed by atoms with Crippen molar-refractivity contribution in [1.29, 1.82) is 0 Å². The van der Waals surface area contributed by atoms with Crippen molar-refractivity contribution in [2.75, 3.05) is 6.00 Å². The zero-order valence-electron chi connectivity index (χ0n) is 5.37. The van der Waals surface area contributed by atoms with Crippen LogP contribution in [-0.2, 0) is 4.79 Å². The molecule has 0 saturated carbocycles. The van der Waals surface area contributed by atoms with Crippen molar-refractivity contribution < 1.29 is 4.79 Å². The zero-order valence-corrected chi connectivity index (χ0v) is 6.88. The van der Waals surface area contributed by atoms with Crippen molar-refractivity contribution >= 4 is 28.4 Å². The SMILES string of the molecule is CC(C)(NCCl)C(=O)Cl. The summed E-state index contributed by atoms with van der Waals surface area (Å²) in [7, 11) is 0. The van der Waals surface area contributed by atoms with Gasteiger partial charge in [-0.1, -0.05) is 0 Å². The molecule has 9 heavy (non-hydrogen) atoms. The Hall–Kier alpha value is 0.210. The molecule has 4 heteroatoms. The minimum atomic E-state index is -0.705. The predicted octanol–water partition coefficient (Wildman–Crippen LogP) is 1.32. The molecule has 0 aromatic rings. The Labute approximate surface area is 64.5 Å². The highest BCUT2D eigenvalue weighted by Gasteiger charge is 2.23. The Morgan fingerprint density at radius 1 is 1.67 bits per heavy atom. The highest BCUT2D eigenvalue weighted by atomic mass is 35.5. The first-order chi connectivity index (χ1) is 4.00. The van der Waals surface area contributed by atoms with Gasteiger partial charge in [0.1, 0.15) is 0 Å². The zero-order chi connectivity index (χ0) is 7.49. The number of carbonyl (C=O) groups excluding carboxylic acids is 1. The summed E-state index contributed by atoms with van der Waals surface area (Å²) in [5, 5.41) is 2.28. The van der Waals surface area contributed by atoms with E-state index in [2.05, 4.69) is 5.32 Å². The minimum absolute atomic E-state index is 0.228. The van der Waals surface area contributed by atoms with Crippen molar-refractivity contribution in [3.05, 3.63) is 0 Å². The third-order valence-electron chi connectivity index (χ3n) is 1.00. The summed E-state index contributed by atoms with van der Waals surface area (Å²) in [6, 6.07) is 0.228. The van der Waals surface area contributed by atoms with Crippen LogP contribution in [0.1, 0.15) is 13.8 Å². The summed E-state index contributed by atoms with van der Waals surface area (Å²) in [5.41, 5.74) is -0.705. The lowest BCUT2D eigenvalue weighted by Crippen LogP contribution is -2.43. The Bertz CT molecular complexity index is 114. The standard InChI is InChI=1S/C5H9Cl2NO/c1-5(2,4(7)9)8-3-6/h8H,3H2,1-2H3. The number of carbonyl (C=O) groups is 1. The second-order valence-electron chi connectivity index (χ2n) is 2.21. The number of alkyl halides is 1. The molecule has 0 saturated heterocycles. The van der Waals surface area contributed by atoms with Crippen LogP contribution < -0.4 is 5.32 Å². The molecule has 2 nitrogen and oxygen atoms in total. The molecule has 0 fully saturated rings. The highest BCUT2D eigenvalue weighted by molar-refractivity contribution is 6.65. The fourth-order valence-corrected chi connectivity index (χ4v) is 0.637. The third-order valence-corrected chi connectivity index (χ3v) is 1.61. The van der Waals surface area contributed by atoms with E-state index in [0.29, 0.717) is 0 Å². The Morgan fingerprint density at radius 3 is 2.22 bits per heavy atom. The van der Waals surface area contributed by atoms with Gasteiger partial charge in [0.05, 0.1) is 11.5 Å². The van der Waals surface area contributed by atoms with Gasteiger partial charge in [-0.3, -0.25) is 10.1 Å². The van der Waals surface area contributed by atoms with Crippen LogP contribution in [0.5, 0.6) is 0 Å². The summed E-state index contributed by atoms with van der Waals surface area (Å²) in [4.78, 5) is 10.5. The van der Waals surface area contributed by atoms with Gasteiger partial charge in [-0.05, 0) is 25.4 Å². The molecule has 54 valence electrons. The van der Waals surface area contributed by atoms with E-state index >= 15 is 0 Å². The fourth-order valence-electron chi connectivity index (χ4n) is 0.237. The molecule has 0 rings (SSSR count). The van der Waals surface area contributed by atoms with Crippen molar-refractivity contribution in [3.8, 4) is 0 Å². The molecule has 0 aliphatic carbocycles. The molecule has 0 aliphatic heterocycles. The molecule has 0 amide bonds. The maximum Gasteiger partial charge on any atom is 0.241 e. The molecule has 0 bridgehead atoms. The van der Waals surface area contributed by atoms with Gasteiger partial charge < -0.3 is 0 Å². The monoisotopic (exact) mass is 169 g/mol. The van der Waals surface area contributed by atoms with Gasteiger partial charge in [-0.25, -0.2) is 0 Å². The summed E-state index contributed by atoms with van der Waals surface area (Å²) in [5.74, 6) is 0. The van der Waals surface area contributed by atoms with E-state index in [9.17, 15) is 4.79 Å². The Kier molecular flexibility index (Phi) is 3.48. The van der Waals surface area contributed by atoms with Gasteiger partial charge in [-0.2, -0.15) is 0 Å². The van der Waals surface area contributed by atoms with Crippen LogP contribution in [0, 0.1) is 0 Å². The largest absolute Gasteiger partial charge is 0.291 e. The number of hydrogen-bond acceptors (Lipinski definition) is 2. The van der Waals surface area contributed by atoms with Gasteiger partial charge in [-0.15, -0.1) is 11.6 Å². The fraction of sp³-hybridized carbons (Fsp3) is 0.800. The van der Waals surface area contributed by atoms with Crippen LogP contribution in [0.2, 0.25) is 0 Å². The van der Waals surface area contributed by atoms with Crippen LogP contribution >= 0.6 is 23.2 Å². The molecule has 0 unspecified atom stereocenters. The van der Waals surface area contributed by atoms with Crippen LogP contribution in [0.25, 0.3) is 0 Å². The number of hydrogen-bond donors (Lipinski definition) is 1. The molecular formula is C5H9Cl2NO. The van der Waals surface area contributed by atoms with E-state index in [1.54, 1.807) is 13.8 Å². The molecule has 1 N–H and O–H groups in total. The van der Waals surface area contributed by atoms with Gasteiger partial charge in [0, 0.05) is 0 Å². The van der Waals surface area contributed by atoms with E-state index in [4.69, 9.17) is 23.2 Å². The Morgan fingerprint density at radius 2 is 2.11 bits per heavy atom. The molecule has 0 aromatic carbocycles. The van der Waals surface area contributed by atoms with Gasteiger partial charge in [0.2, 0.25) is 5.24 Å². The van der Waals surface area contributed by atoms with Gasteiger partial charge >= 0.3 is 0 Å². The molecule has 0 atom stereocenters. The molecule has 0 heterocycles. The van der Waals surface area contributed by atoms with Crippen LogP contribution in [-0.4, -0.2) is 16.8 Å². The smallest absolute Gasteiger partial charge is 0.241 e. The molecule has 0 aliphatic rings. The maximum atomic E-state index is 10.5. The van der Waals surface area contributed by atoms with Crippen molar-refractivity contribution in [1.82, 2.24) is 5.32 Å². The normalized spacial score (nSPS) is 11.6. The highest BCUT2D eigenvalue weighted by Crippen LogP contribution is 2.06. The summed E-state index contributed by atoms with van der Waals surface area (Å²) >= 11 is 10.5. The number of nitrogens with one attached hydrogen (secondary N) is 1. The molecule has 0 radical (unpaired) electrons. The van der Waals surface area contributed by atoms with E-state index < -0.39 is 10.8 Å². The topological polar surface area (TPSA) is 29.1 Å². The predicted molar refractivity (Wildman–Crippen MR) is 38.8 cm³/mol. The molecule has 0 aromatic heterocycles. The van der Waals surface area contributed by atoms with E-state index in [0.717, 1.165) is 0 Å². The van der Waals surface area contributed by atoms with E-state index in [-0.39, 0.29) is 6.00 Å². The summed E-state index contributed by atoms with van der Waals surface area (Å²) in [6.45, 7) is 3.34. The lowest BCUT2D eigenvalue weighted by atomic mass is 10.1. The number of halogens is 2. The second-order valence-corrected chi connectivity index (χ2v) is 2.82. The lowest BCUT2D eigenvalue weighted by molar-refractivity contribution is -0.116. The summed E-state index contributed by atoms with van der Waals surface area (Å²) < 4.78 is 0. The average molecular weight is 170 g/mol. The van der Waals surface area contributed by atoms with Gasteiger partial charge in [0.15, 0.2) is 0 Å². The van der Waals surface area contributed by atoms with Crippen molar-refractivity contribution in [3.63, 3.8) is 0 Å². The van der Waals surface area contributed by atoms with E-state index in [1.165, 1.54) is 0 Å². The Balaban J connectivity index is 3.85. The average Bonchev–Trinajstić information content (AvgIpc) is 1.65. The number of rotatable bonds is 3. The van der Waals surface area contributed by atoms with E-state index in [1.807, 2.05) is 0 Å². The quantitative estimate of drug-likeness (QED) is 0.393. The van der Waals surface area contributed by atoms with Crippen LogP contribution in [0.15, 0.2) is 0 Å². The van der Waals surface area contributed by atoms with Gasteiger partial charge in [0.25, 0.3) is 0 Å². The molecule has 0 spiro atoms. The van der Waals surface area contributed by atoms with Crippen LogP contribution in [0.4, 0.5) is 0 Å². The minimum Gasteiger partial charge on any atom is -0.291 e. The van der Waals surface area contributed by atoms with Crippen molar-refractivity contribution in [2.24, 2.45) is 0 Å². The van der Waals surface area contributed by atoms with Crippen molar-refractivity contribution in [2.45, 2.75) is 19.4 Å². The third kappa shape index (κ3) is 3.04. The molecular weight excluding hydrogens is 161 g/mol. The lowest BCUT2D eigenvalue weighted by Gasteiger charge is -2.18. The first-order valence-corrected chi connectivity index (χ1v) is 3.43. The summed E-state index contributed by atoms with van der Waals surface area (Å²) in [6.07, 6.45) is 0. The second kappa shape index (κ2) is 3.40. The van der Waals surface area contributed by atoms with Crippen LogP contribution in [0.3, 0.4) is 0 Å². The first kappa shape index (κ1) is 9.21. The maximum absolute atomic E-state index is 10.5. The first-order valence-electron chi connectivity index (χ1n) is 2.51.